The summed E-state index contributed by atoms with van der Waals surface area (Å²) >= 11 is 0. The number of benzene rings is 1. The molecule has 1 aliphatic heterocycles. The Morgan fingerprint density at radius 3 is 1.48 bits per heavy atom. The Bertz CT molecular complexity index is 582. The minimum Gasteiger partial charge on any atom is -0.356 e. The minimum absolute atomic E-state index is 0.548. The number of rotatable bonds is 21. The van der Waals surface area contributed by atoms with E-state index in [9.17, 15) is 0 Å². The normalized spacial score (nSPS) is 15.6. The van der Waals surface area contributed by atoms with Crippen LogP contribution in [0.1, 0.15) is 135 Å². The molecule has 1 aromatic rings. The van der Waals surface area contributed by atoms with Crippen LogP contribution in [0.25, 0.3) is 0 Å². The molecule has 0 radical (unpaired) electrons. The van der Waals surface area contributed by atoms with Gasteiger partial charge in [0.05, 0.1) is 0 Å². The predicted octanol–water partition coefficient (Wildman–Crippen LogP) is 9.66. The molecule has 1 aromatic carbocycles. The monoisotopic (exact) mass is 454 g/mol. The largest absolute Gasteiger partial charge is 0.356 e. The molecule has 1 atom stereocenters. The number of hydrogen-bond donors (Lipinski definition) is 0. The van der Waals surface area contributed by atoms with Crippen LogP contribution < -0.4 is 0 Å². The Balaban J connectivity index is 1.40. The summed E-state index contributed by atoms with van der Waals surface area (Å²) in [6.45, 7) is 6.70. The first-order chi connectivity index (χ1) is 16.3. The molecule has 1 heterocycles. The van der Waals surface area contributed by atoms with E-state index < -0.39 is 0 Å². The van der Waals surface area contributed by atoms with Crippen molar-refractivity contribution in [3.05, 3.63) is 48.3 Å². The summed E-state index contributed by atoms with van der Waals surface area (Å²) < 4.78 is 0. The smallest absolute Gasteiger partial charge is 0.101 e. The van der Waals surface area contributed by atoms with Crippen LogP contribution in [0.5, 0.6) is 0 Å². The molecule has 0 aromatic heterocycles. The maximum atomic E-state index is 2.53. The summed E-state index contributed by atoms with van der Waals surface area (Å²) in [5, 5.41) is 0. The molecule has 0 fully saturated rings. The highest BCUT2D eigenvalue weighted by molar-refractivity contribution is 5.15. The van der Waals surface area contributed by atoms with Crippen molar-refractivity contribution in [3.8, 4) is 0 Å². The van der Waals surface area contributed by atoms with E-state index in [4.69, 9.17) is 0 Å². The topological polar surface area (TPSA) is 6.48 Å². The summed E-state index contributed by atoms with van der Waals surface area (Å²) in [5.41, 5.74) is 1.41. The average Bonchev–Trinajstić information content (AvgIpc) is 3.23. The quantitative estimate of drug-likeness (QED) is 0.171. The lowest BCUT2D eigenvalue weighted by atomic mass is 10.0. The first kappa shape index (κ1) is 27.8. The van der Waals surface area contributed by atoms with Gasteiger partial charge >= 0.3 is 0 Å². The first-order valence-corrected chi connectivity index (χ1v) is 14.6. The van der Waals surface area contributed by atoms with Gasteiger partial charge in [-0.1, -0.05) is 140 Å². The lowest BCUT2D eigenvalue weighted by Gasteiger charge is -2.32. The van der Waals surface area contributed by atoms with Gasteiger partial charge in [-0.25, -0.2) is 0 Å². The van der Waals surface area contributed by atoms with Crippen LogP contribution >= 0.6 is 0 Å². The van der Waals surface area contributed by atoms with Crippen molar-refractivity contribution in [3.63, 3.8) is 0 Å². The zero-order valence-corrected chi connectivity index (χ0v) is 22.2. The number of unbranched alkanes of at least 4 members (excludes halogenated alkanes) is 16. The molecule has 0 bridgehead atoms. The number of nitrogens with zero attached hydrogens (tertiary/aromatic N) is 2. The van der Waals surface area contributed by atoms with Gasteiger partial charge in [-0.05, 0) is 25.3 Å². The molecule has 188 valence electrons. The average molecular weight is 455 g/mol. The second-order valence-corrected chi connectivity index (χ2v) is 10.2. The van der Waals surface area contributed by atoms with Crippen LogP contribution in [0.15, 0.2) is 42.7 Å². The zero-order valence-electron chi connectivity index (χ0n) is 22.2. The second-order valence-electron chi connectivity index (χ2n) is 10.2. The Labute approximate surface area is 206 Å². The van der Waals surface area contributed by atoms with Gasteiger partial charge in [0.2, 0.25) is 0 Å². The van der Waals surface area contributed by atoms with Crippen LogP contribution in [-0.2, 0) is 6.54 Å². The van der Waals surface area contributed by atoms with Crippen LogP contribution in [0.2, 0.25) is 0 Å². The molecule has 33 heavy (non-hydrogen) atoms. The predicted molar refractivity (Wildman–Crippen MR) is 146 cm³/mol. The fourth-order valence-electron chi connectivity index (χ4n) is 5.21. The molecular weight excluding hydrogens is 400 g/mol. The summed E-state index contributed by atoms with van der Waals surface area (Å²) in [7, 11) is 0. The van der Waals surface area contributed by atoms with Crippen molar-refractivity contribution >= 4 is 0 Å². The van der Waals surface area contributed by atoms with Gasteiger partial charge in [-0.2, -0.15) is 0 Å². The highest BCUT2D eigenvalue weighted by atomic mass is 15.4. The lowest BCUT2D eigenvalue weighted by Crippen LogP contribution is -2.38. The summed E-state index contributed by atoms with van der Waals surface area (Å²) in [4.78, 5) is 5.04. The second kappa shape index (κ2) is 18.9. The third kappa shape index (κ3) is 12.6. The Hall–Kier alpha value is -1.44. The van der Waals surface area contributed by atoms with Crippen LogP contribution in [0.3, 0.4) is 0 Å². The van der Waals surface area contributed by atoms with E-state index in [2.05, 4.69) is 66.4 Å². The minimum atomic E-state index is 0.548. The molecule has 2 nitrogen and oxygen atoms in total. The molecule has 1 unspecified atom stereocenters. The van der Waals surface area contributed by atoms with Crippen molar-refractivity contribution in [1.82, 2.24) is 9.80 Å². The Morgan fingerprint density at radius 1 is 0.545 bits per heavy atom. The fraction of sp³-hybridized carbons (Fsp3) is 0.742. The molecule has 0 aliphatic carbocycles. The maximum Gasteiger partial charge on any atom is 0.101 e. The molecule has 0 saturated carbocycles. The Morgan fingerprint density at radius 2 is 1.00 bits per heavy atom. The van der Waals surface area contributed by atoms with Gasteiger partial charge in [-0.15, -0.1) is 0 Å². The van der Waals surface area contributed by atoms with E-state index in [-0.39, 0.29) is 0 Å². The van der Waals surface area contributed by atoms with Gasteiger partial charge in [0.25, 0.3) is 0 Å². The van der Waals surface area contributed by atoms with Crippen molar-refractivity contribution in [2.24, 2.45) is 0 Å². The van der Waals surface area contributed by atoms with E-state index in [1.54, 1.807) is 0 Å². The van der Waals surface area contributed by atoms with E-state index in [0.29, 0.717) is 6.17 Å². The van der Waals surface area contributed by atoms with Gasteiger partial charge in [-0.3, -0.25) is 0 Å². The van der Waals surface area contributed by atoms with Crippen molar-refractivity contribution in [1.29, 1.82) is 0 Å². The highest BCUT2D eigenvalue weighted by Gasteiger charge is 2.24. The van der Waals surface area contributed by atoms with E-state index >= 15 is 0 Å². The van der Waals surface area contributed by atoms with Gasteiger partial charge < -0.3 is 9.80 Å². The molecule has 0 amide bonds. The summed E-state index contributed by atoms with van der Waals surface area (Å²) in [6.07, 6.45) is 30.9. The molecule has 1 aliphatic rings. The molecule has 2 heteroatoms. The fourth-order valence-corrected chi connectivity index (χ4v) is 5.21. The van der Waals surface area contributed by atoms with E-state index in [1.807, 2.05) is 0 Å². The summed E-state index contributed by atoms with van der Waals surface area (Å²) in [6, 6.07) is 10.9. The van der Waals surface area contributed by atoms with Crippen molar-refractivity contribution in [2.75, 3.05) is 6.54 Å². The molecule has 0 N–H and O–H groups in total. The van der Waals surface area contributed by atoms with Gasteiger partial charge in [0.15, 0.2) is 0 Å². The van der Waals surface area contributed by atoms with Crippen molar-refractivity contribution in [2.45, 2.75) is 142 Å². The van der Waals surface area contributed by atoms with Crippen LogP contribution in [0, 0.1) is 0 Å². The zero-order chi connectivity index (χ0) is 23.4. The van der Waals surface area contributed by atoms with Gasteiger partial charge in [0, 0.05) is 25.5 Å². The molecule has 0 spiro atoms. The third-order valence-electron chi connectivity index (χ3n) is 7.35. The standard InChI is InChI=1S/C31H54N2/c1-3-5-6-7-8-9-10-11-12-13-14-15-16-17-18-19-23-26-31-32(4-2)27-28-33(31)29-30-24-21-20-22-25-30/h20-22,24-25,27-28,31H,3-19,23,26,29H2,1-2H3. The SMILES string of the molecule is CCCCCCCCCCCCCCCCCCCC1N(CC)C=CN1Cc1ccccc1. The third-order valence-corrected chi connectivity index (χ3v) is 7.35. The Kier molecular flexibility index (Phi) is 15.9. The van der Waals surface area contributed by atoms with E-state index in [1.165, 1.54) is 121 Å². The highest BCUT2D eigenvalue weighted by Crippen LogP contribution is 2.24. The maximum absolute atomic E-state index is 2.53. The van der Waals surface area contributed by atoms with Gasteiger partial charge in [0.1, 0.15) is 6.17 Å². The lowest BCUT2D eigenvalue weighted by molar-refractivity contribution is 0.139. The van der Waals surface area contributed by atoms with Crippen LogP contribution in [0.4, 0.5) is 0 Å². The summed E-state index contributed by atoms with van der Waals surface area (Å²) in [5.74, 6) is 0. The van der Waals surface area contributed by atoms with E-state index in [0.717, 1.165) is 13.1 Å². The van der Waals surface area contributed by atoms with Crippen molar-refractivity contribution < 1.29 is 0 Å². The molecule has 2 rings (SSSR count). The molecule has 0 saturated heterocycles. The first-order valence-electron chi connectivity index (χ1n) is 14.6. The molecular formula is C31H54N2. The number of hydrogen-bond acceptors (Lipinski definition) is 2. The van der Waals surface area contributed by atoms with Crippen LogP contribution in [-0.4, -0.2) is 22.5 Å².